The van der Waals surface area contributed by atoms with Crippen LogP contribution >= 0.6 is 0 Å². The number of benzene rings is 1. The van der Waals surface area contributed by atoms with E-state index in [4.69, 9.17) is 9.97 Å². The number of amides is 1. The van der Waals surface area contributed by atoms with E-state index in [9.17, 15) is 4.79 Å². The van der Waals surface area contributed by atoms with E-state index in [1.807, 2.05) is 42.4 Å². The molecule has 5 rings (SSSR count). The van der Waals surface area contributed by atoms with Crippen molar-refractivity contribution in [3.05, 3.63) is 90.1 Å². The van der Waals surface area contributed by atoms with Crippen molar-refractivity contribution in [1.82, 2.24) is 24.8 Å². The van der Waals surface area contributed by atoms with Crippen LogP contribution in [0.4, 0.5) is 5.82 Å². The largest absolute Gasteiger partial charge is 0.352 e. The topological polar surface area (TPSA) is 75.1 Å². The van der Waals surface area contributed by atoms with E-state index in [0.29, 0.717) is 31.9 Å². The molecule has 1 aromatic carbocycles. The number of carbonyl (C=O) groups excluding carboxylic acids is 1. The van der Waals surface area contributed by atoms with Crippen LogP contribution in [0.25, 0.3) is 22.5 Å². The van der Waals surface area contributed by atoms with Gasteiger partial charge in [-0.05, 0) is 37.6 Å². The average molecular weight is 451 g/mol. The zero-order valence-electron chi connectivity index (χ0n) is 19.3. The molecular weight excluding hydrogens is 424 g/mol. The van der Waals surface area contributed by atoms with Crippen LogP contribution < -0.4 is 4.90 Å². The van der Waals surface area contributed by atoms with Gasteiger partial charge in [-0.25, -0.2) is 4.98 Å². The smallest absolute Gasteiger partial charge is 0.272 e. The van der Waals surface area contributed by atoms with Gasteiger partial charge in [0.05, 0.1) is 17.6 Å². The molecular formula is C27H26N6O. The van der Waals surface area contributed by atoms with Crippen LogP contribution in [0.1, 0.15) is 21.6 Å². The van der Waals surface area contributed by atoms with Gasteiger partial charge in [-0.15, -0.1) is 0 Å². The van der Waals surface area contributed by atoms with Crippen LogP contribution in [0, 0.1) is 13.8 Å². The summed E-state index contributed by atoms with van der Waals surface area (Å²) in [6, 6.07) is 15.7. The molecule has 7 nitrogen and oxygen atoms in total. The number of anilines is 1. The second-order valence-corrected chi connectivity index (χ2v) is 8.48. The summed E-state index contributed by atoms with van der Waals surface area (Å²) in [4.78, 5) is 35.2. The van der Waals surface area contributed by atoms with Crippen molar-refractivity contribution in [3.63, 3.8) is 0 Å². The Morgan fingerprint density at radius 2 is 1.62 bits per heavy atom. The van der Waals surface area contributed by atoms with Gasteiger partial charge in [0.1, 0.15) is 11.5 Å². The molecule has 0 unspecified atom stereocenters. The normalized spacial score (nSPS) is 13.7. The first kappa shape index (κ1) is 21.7. The first-order valence-electron chi connectivity index (χ1n) is 11.4. The van der Waals surface area contributed by atoms with Crippen molar-refractivity contribution in [2.45, 2.75) is 13.8 Å². The van der Waals surface area contributed by atoms with Gasteiger partial charge in [-0.3, -0.25) is 19.7 Å². The van der Waals surface area contributed by atoms with Crippen molar-refractivity contribution in [3.8, 4) is 22.5 Å². The highest BCUT2D eigenvalue weighted by Crippen LogP contribution is 2.32. The van der Waals surface area contributed by atoms with Gasteiger partial charge in [-0.1, -0.05) is 35.9 Å². The Morgan fingerprint density at radius 1 is 0.824 bits per heavy atom. The predicted octanol–water partition coefficient (Wildman–Crippen LogP) is 4.18. The lowest BCUT2D eigenvalue weighted by molar-refractivity contribution is 0.0740. The second kappa shape index (κ2) is 9.39. The van der Waals surface area contributed by atoms with Gasteiger partial charge in [-0.2, -0.15) is 0 Å². The van der Waals surface area contributed by atoms with E-state index in [1.165, 1.54) is 5.56 Å². The highest BCUT2D eigenvalue weighted by molar-refractivity contribution is 5.92. The number of hydrogen-bond donors (Lipinski definition) is 0. The Balaban J connectivity index is 1.43. The summed E-state index contributed by atoms with van der Waals surface area (Å²) in [5.74, 6) is 0.779. The molecule has 0 N–H and O–H groups in total. The molecule has 1 saturated heterocycles. The summed E-state index contributed by atoms with van der Waals surface area (Å²) in [5.41, 5.74) is 6.47. The fourth-order valence-corrected chi connectivity index (χ4v) is 4.17. The third-order valence-corrected chi connectivity index (χ3v) is 6.14. The van der Waals surface area contributed by atoms with E-state index < -0.39 is 0 Å². The number of aromatic nitrogens is 4. The number of pyridine rings is 2. The third-order valence-electron chi connectivity index (χ3n) is 6.14. The molecule has 0 aliphatic carbocycles. The molecule has 3 aromatic heterocycles. The molecule has 0 spiro atoms. The van der Waals surface area contributed by atoms with Gasteiger partial charge >= 0.3 is 0 Å². The zero-order chi connectivity index (χ0) is 23.5. The Labute approximate surface area is 199 Å². The lowest BCUT2D eigenvalue weighted by Crippen LogP contribution is -2.49. The van der Waals surface area contributed by atoms with Crippen molar-refractivity contribution in [2.24, 2.45) is 0 Å². The maximum atomic E-state index is 12.8. The lowest BCUT2D eigenvalue weighted by Gasteiger charge is -2.35. The molecule has 1 aliphatic rings. The molecule has 0 bridgehead atoms. The number of aryl methyl sites for hydroxylation is 2. The summed E-state index contributed by atoms with van der Waals surface area (Å²) in [6.45, 7) is 6.71. The minimum absolute atomic E-state index is 0.0332. The molecule has 34 heavy (non-hydrogen) atoms. The van der Waals surface area contributed by atoms with Crippen LogP contribution in [0.5, 0.6) is 0 Å². The van der Waals surface area contributed by atoms with Crippen LogP contribution in [0.3, 0.4) is 0 Å². The van der Waals surface area contributed by atoms with Gasteiger partial charge in [0.15, 0.2) is 0 Å². The quantitative estimate of drug-likeness (QED) is 0.464. The summed E-state index contributed by atoms with van der Waals surface area (Å²) in [6.07, 6.45) is 7.13. The minimum Gasteiger partial charge on any atom is -0.352 e. The molecule has 4 heterocycles. The first-order valence-corrected chi connectivity index (χ1v) is 11.4. The fourth-order valence-electron chi connectivity index (χ4n) is 4.17. The number of piperazine rings is 1. The average Bonchev–Trinajstić information content (AvgIpc) is 2.89. The summed E-state index contributed by atoms with van der Waals surface area (Å²) in [7, 11) is 0. The Morgan fingerprint density at radius 3 is 2.32 bits per heavy atom. The van der Waals surface area contributed by atoms with Crippen molar-refractivity contribution in [1.29, 1.82) is 0 Å². The first-order chi connectivity index (χ1) is 16.6. The van der Waals surface area contributed by atoms with Gasteiger partial charge in [0.2, 0.25) is 0 Å². The summed E-state index contributed by atoms with van der Waals surface area (Å²) in [5, 5.41) is 0. The fraction of sp³-hybridized carbons (Fsp3) is 0.222. The number of nitrogens with zero attached hydrogens (tertiary/aromatic N) is 6. The van der Waals surface area contributed by atoms with E-state index >= 15 is 0 Å². The van der Waals surface area contributed by atoms with E-state index in [-0.39, 0.29) is 5.91 Å². The maximum absolute atomic E-state index is 12.8. The zero-order valence-corrected chi connectivity index (χ0v) is 19.3. The van der Waals surface area contributed by atoms with Crippen LogP contribution in [0.15, 0.2) is 73.3 Å². The molecule has 0 saturated carbocycles. The van der Waals surface area contributed by atoms with Crippen LogP contribution in [-0.2, 0) is 0 Å². The highest BCUT2D eigenvalue weighted by atomic mass is 16.2. The molecule has 1 fully saturated rings. The van der Waals surface area contributed by atoms with Crippen molar-refractivity contribution < 1.29 is 4.79 Å². The van der Waals surface area contributed by atoms with Crippen LogP contribution in [0.2, 0.25) is 0 Å². The van der Waals surface area contributed by atoms with Crippen molar-refractivity contribution >= 4 is 11.7 Å². The minimum atomic E-state index is -0.0332. The van der Waals surface area contributed by atoms with E-state index in [2.05, 4.69) is 46.1 Å². The third kappa shape index (κ3) is 4.37. The van der Waals surface area contributed by atoms with Gasteiger partial charge in [0, 0.05) is 55.9 Å². The van der Waals surface area contributed by atoms with E-state index in [0.717, 1.165) is 33.9 Å². The predicted molar refractivity (Wildman–Crippen MR) is 133 cm³/mol. The van der Waals surface area contributed by atoms with Crippen LogP contribution in [-0.4, -0.2) is 56.9 Å². The number of hydrogen-bond acceptors (Lipinski definition) is 6. The summed E-state index contributed by atoms with van der Waals surface area (Å²) >= 11 is 0. The standard InChI is InChI=1S/C27H26N6O/c1-19-6-8-21(9-7-19)25-26(22-10-12-28-17-20(22)2)31-24(18-30-25)32-13-15-33(16-14-32)27(34)23-5-3-4-11-29-23/h3-12,17-18H,13-16H2,1-2H3. The SMILES string of the molecule is Cc1ccc(-c2ncc(N3CCN(C(=O)c4ccccn4)CC3)nc2-c2ccncc2C)cc1. The Bertz CT molecular complexity index is 1300. The second-order valence-electron chi connectivity index (χ2n) is 8.48. The van der Waals surface area contributed by atoms with Gasteiger partial charge in [0.25, 0.3) is 5.91 Å². The Kier molecular flexibility index (Phi) is 5.99. The maximum Gasteiger partial charge on any atom is 0.272 e. The molecule has 1 aliphatic heterocycles. The highest BCUT2D eigenvalue weighted by Gasteiger charge is 2.25. The number of carbonyl (C=O) groups is 1. The molecule has 7 heteroatoms. The molecule has 170 valence electrons. The molecule has 1 amide bonds. The molecule has 4 aromatic rings. The number of rotatable bonds is 4. The Hall–Kier alpha value is -4.13. The molecule has 0 radical (unpaired) electrons. The lowest BCUT2D eigenvalue weighted by atomic mass is 10.0. The van der Waals surface area contributed by atoms with E-state index in [1.54, 1.807) is 18.5 Å². The summed E-state index contributed by atoms with van der Waals surface area (Å²) < 4.78 is 0. The monoisotopic (exact) mass is 450 g/mol. The van der Waals surface area contributed by atoms with Crippen molar-refractivity contribution in [2.75, 3.05) is 31.1 Å². The van der Waals surface area contributed by atoms with Gasteiger partial charge < -0.3 is 9.80 Å². The molecule has 0 atom stereocenters.